The van der Waals surface area contributed by atoms with Crippen LogP contribution in [-0.4, -0.2) is 18.6 Å². The van der Waals surface area contributed by atoms with Gasteiger partial charge in [-0.2, -0.15) is 0 Å². The molecule has 0 aliphatic heterocycles. The highest BCUT2D eigenvalue weighted by Crippen LogP contribution is 2.45. The van der Waals surface area contributed by atoms with Crippen molar-refractivity contribution in [2.75, 3.05) is 13.7 Å². The van der Waals surface area contributed by atoms with Gasteiger partial charge < -0.3 is 10.5 Å². The smallest absolute Gasteiger partial charge is 0.216 e. The van der Waals surface area contributed by atoms with Crippen LogP contribution in [0, 0.1) is 0 Å². The zero-order chi connectivity index (χ0) is 10.0. The third kappa shape index (κ3) is 1.28. The van der Waals surface area contributed by atoms with Crippen LogP contribution in [-0.2, 0) is 5.41 Å². The van der Waals surface area contributed by atoms with Crippen molar-refractivity contribution in [1.82, 2.24) is 4.98 Å². The molecule has 0 aromatic carbocycles. The average Bonchev–Trinajstić information content (AvgIpc) is 2.18. The standard InChI is InChI=1S/C11H16N2O/c1-14-10-9(4-2-7-13-10)11(8-12)5-3-6-11/h2,4,7H,3,5-6,8,12H2,1H3. The van der Waals surface area contributed by atoms with Crippen molar-refractivity contribution in [2.24, 2.45) is 5.73 Å². The van der Waals surface area contributed by atoms with Crippen molar-refractivity contribution in [3.8, 4) is 5.88 Å². The second kappa shape index (κ2) is 3.58. The fourth-order valence-electron chi connectivity index (χ4n) is 2.14. The Morgan fingerprint density at radius 2 is 2.36 bits per heavy atom. The van der Waals surface area contributed by atoms with Crippen LogP contribution in [0.1, 0.15) is 24.8 Å². The molecule has 1 fully saturated rings. The lowest BCUT2D eigenvalue weighted by Gasteiger charge is -2.41. The first-order valence-electron chi connectivity index (χ1n) is 5.02. The topological polar surface area (TPSA) is 48.1 Å². The maximum absolute atomic E-state index is 5.84. The summed E-state index contributed by atoms with van der Waals surface area (Å²) < 4.78 is 5.26. The SMILES string of the molecule is COc1ncccc1C1(CN)CCC1. The van der Waals surface area contributed by atoms with E-state index >= 15 is 0 Å². The van der Waals surface area contributed by atoms with Gasteiger partial charge in [0.15, 0.2) is 0 Å². The Morgan fingerprint density at radius 3 is 2.86 bits per heavy atom. The molecule has 0 spiro atoms. The molecule has 3 heteroatoms. The number of ether oxygens (including phenoxy) is 1. The van der Waals surface area contributed by atoms with Crippen LogP contribution in [0.3, 0.4) is 0 Å². The number of hydrogen-bond donors (Lipinski definition) is 1. The molecule has 76 valence electrons. The second-order valence-electron chi connectivity index (χ2n) is 3.90. The summed E-state index contributed by atoms with van der Waals surface area (Å²) in [5.74, 6) is 0.734. The number of aromatic nitrogens is 1. The lowest BCUT2D eigenvalue weighted by atomic mass is 9.65. The zero-order valence-corrected chi connectivity index (χ0v) is 8.49. The predicted octanol–water partition coefficient (Wildman–Crippen LogP) is 1.47. The van der Waals surface area contributed by atoms with Gasteiger partial charge >= 0.3 is 0 Å². The van der Waals surface area contributed by atoms with Gasteiger partial charge in [0, 0.05) is 23.7 Å². The van der Waals surface area contributed by atoms with Crippen LogP contribution in [0.2, 0.25) is 0 Å². The lowest BCUT2D eigenvalue weighted by molar-refractivity contribution is 0.241. The number of nitrogens with two attached hydrogens (primary N) is 1. The molecule has 0 bridgehead atoms. The van der Waals surface area contributed by atoms with Crippen LogP contribution >= 0.6 is 0 Å². The molecule has 0 saturated heterocycles. The minimum absolute atomic E-state index is 0.138. The second-order valence-corrected chi connectivity index (χ2v) is 3.90. The summed E-state index contributed by atoms with van der Waals surface area (Å²) in [6.07, 6.45) is 5.33. The summed E-state index contributed by atoms with van der Waals surface area (Å²) in [6, 6.07) is 4.03. The van der Waals surface area contributed by atoms with Gasteiger partial charge in [0.05, 0.1) is 7.11 Å². The fourth-order valence-corrected chi connectivity index (χ4v) is 2.14. The molecular formula is C11H16N2O. The molecule has 2 N–H and O–H groups in total. The minimum atomic E-state index is 0.138. The largest absolute Gasteiger partial charge is 0.481 e. The number of pyridine rings is 1. The fraction of sp³-hybridized carbons (Fsp3) is 0.545. The third-order valence-corrected chi connectivity index (χ3v) is 3.24. The van der Waals surface area contributed by atoms with Crippen LogP contribution in [0.25, 0.3) is 0 Å². The van der Waals surface area contributed by atoms with Gasteiger partial charge in [0.1, 0.15) is 0 Å². The molecule has 14 heavy (non-hydrogen) atoms. The van der Waals surface area contributed by atoms with Crippen molar-refractivity contribution >= 4 is 0 Å². The first-order chi connectivity index (χ1) is 6.82. The number of hydrogen-bond acceptors (Lipinski definition) is 3. The molecule has 0 atom stereocenters. The van der Waals surface area contributed by atoms with Crippen LogP contribution in [0.5, 0.6) is 5.88 Å². The van der Waals surface area contributed by atoms with Gasteiger partial charge in [0.2, 0.25) is 5.88 Å². The molecule has 3 nitrogen and oxygen atoms in total. The third-order valence-electron chi connectivity index (χ3n) is 3.24. The first-order valence-corrected chi connectivity index (χ1v) is 5.02. The number of rotatable bonds is 3. The molecule has 0 amide bonds. The van der Waals surface area contributed by atoms with E-state index in [1.165, 1.54) is 12.0 Å². The molecular weight excluding hydrogens is 176 g/mol. The Hall–Kier alpha value is -1.09. The van der Waals surface area contributed by atoms with E-state index in [1.807, 2.05) is 6.07 Å². The monoisotopic (exact) mass is 192 g/mol. The van der Waals surface area contributed by atoms with Crippen molar-refractivity contribution in [3.05, 3.63) is 23.9 Å². The maximum atomic E-state index is 5.84. The summed E-state index contributed by atoms with van der Waals surface area (Å²) in [4.78, 5) is 4.22. The molecule has 1 saturated carbocycles. The van der Waals surface area contributed by atoms with Crippen LogP contribution < -0.4 is 10.5 Å². The summed E-state index contributed by atoms with van der Waals surface area (Å²) in [5, 5.41) is 0. The lowest BCUT2D eigenvalue weighted by Crippen LogP contribution is -2.41. The maximum Gasteiger partial charge on any atom is 0.216 e. The highest BCUT2D eigenvalue weighted by atomic mass is 16.5. The summed E-state index contributed by atoms with van der Waals surface area (Å²) in [7, 11) is 1.66. The van der Waals surface area contributed by atoms with Gasteiger partial charge in [0.25, 0.3) is 0 Å². The van der Waals surface area contributed by atoms with Crippen LogP contribution in [0.15, 0.2) is 18.3 Å². The van der Waals surface area contributed by atoms with Gasteiger partial charge in [-0.05, 0) is 18.9 Å². The Bertz CT molecular complexity index is 315. The van der Waals surface area contributed by atoms with Gasteiger partial charge in [-0.25, -0.2) is 4.98 Å². The van der Waals surface area contributed by atoms with E-state index in [0.717, 1.165) is 18.7 Å². The Labute approximate surface area is 84.3 Å². The van der Waals surface area contributed by atoms with E-state index < -0.39 is 0 Å². The highest BCUT2D eigenvalue weighted by molar-refractivity contribution is 5.36. The molecule has 0 radical (unpaired) electrons. The molecule has 1 aromatic heterocycles. The molecule has 1 heterocycles. The van der Waals surface area contributed by atoms with Crippen molar-refractivity contribution in [3.63, 3.8) is 0 Å². The minimum Gasteiger partial charge on any atom is -0.481 e. The first kappa shape index (κ1) is 9.46. The molecule has 0 unspecified atom stereocenters. The summed E-state index contributed by atoms with van der Waals surface area (Å²) in [6.45, 7) is 0.690. The van der Waals surface area contributed by atoms with Crippen molar-refractivity contribution in [2.45, 2.75) is 24.7 Å². The summed E-state index contributed by atoms with van der Waals surface area (Å²) in [5.41, 5.74) is 7.16. The van der Waals surface area contributed by atoms with E-state index in [1.54, 1.807) is 13.3 Å². The molecule has 1 aromatic rings. The quantitative estimate of drug-likeness (QED) is 0.789. The highest BCUT2D eigenvalue weighted by Gasteiger charge is 2.39. The van der Waals surface area contributed by atoms with E-state index in [9.17, 15) is 0 Å². The normalized spacial score (nSPS) is 18.7. The van der Waals surface area contributed by atoms with E-state index in [4.69, 9.17) is 10.5 Å². The molecule has 1 aliphatic carbocycles. The number of nitrogens with zero attached hydrogens (tertiary/aromatic N) is 1. The Morgan fingerprint density at radius 1 is 1.57 bits per heavy atom. The van der Waals surface area contributed by atoms with E-state index in [-0.39, 0.29) is 5.41 Å². The zero-order valence-electron chi connectivity index (χ0n) is 8.49. The van der Waals surface area contributed by atoms with Crippen LogP contribution in [0.4, 0.5) is 0 Å². The number of methoxy groups -OCH3 is 1. The predicted molar refractivity (Wildman–Crippen MR) is 55.4 cm³/mol. The van der Waals surface area contributed by atoms with Gasteiger partial charge in [-0.1, -0.05) is 12.5 Å². The van der Waals surface area contributed by atoms with Crippen molar-refractivity contribution < 1.29 is 4.74 Å². The average molecular weight is 192 g/mol. The van der Waals surface area contributed by atoms with Gasteiger partial charge in [-0.15, -0.1) is 0 Å². The molecule has 2 rings (SSSR count). The van der Waals surface area contributed by atoms with E-state index in [0.29, 0.717) is 6.54 Å². The van der Waals surface area contributed by atoms with Gasteiger partial charge in [-0.3, -0.25) is 0 Å². The summed E-state index contributed by atoms with van der Waals surface area (Å²) >= 11 is 0. The molecule has 1 aliphatic rings. The van der Waals surface area contributed by atoms with E-state index in [2.05, 4.69) is 11.1 Å². The Kier molecular flexibility index (Phi) is 2.42. The Balaban J connectivity index is 2.38. The van der Waals surface area contributed by atoms with Crippen molar-refractivity contribution in [1.29, 1.82) is 0 Å².